The summed E-state index contributed by atoms with van der Waals surface area (Å²) >= 11 is 12.6. The van der Waals surface area contributed by atoms with Crippen molar-refractivity contribution < 1.29 is 14.0 Å². The van der Waals surface area contributed by atoms with Gasteiger partial charge in [0.05, 0.1) is 23.7 Å². The molecule has 0 bridgehead atoms. The van der Waals surface area contributed by atoms with Crippen LogP contribution in [0.1, 0.15) is 34.6 Å². The number of aromatic amines is 1. The molecule has 6 rings (SSSR count). The predicted molar refractivity (Wildman–Crippen MR) is 149 cm³/mol. The average molecular weight is 572 g/mol. The van der Waals surface area contributed by atoms with Crippen LogP contribution in [-0.2, 0) is 11.2 Å². The first-order chi connectivity index (χ1) is 18.5. The molecule has 2 aromatic carbocycles. The van der Waals surface area contributed by atoms with Gasteiger partial charge in [-0.15, -0.1) is 0 Å². The molecule has 3 aliphatic heterocycles. The van der Waals surface area contributed by atoms with E-state index < -0.39 is 11.4 Å². The van der Waals surface area contributed by atoms with E-state index in [1.165, 1.54) is 6.07 Å². The van der Waals surface area contributed by atoms with Crippen molar-refractivity contribution in [3.63, 3.8) is 0 Å². The lowest BCUT2D eigenvalue weighted by Gasteiger charge is -2.59. The van der Waals surface area contributed by atoms with Crippen molar-refractivity contribution in [3.05, 3.63) is 73.4 Å². The third-order valence-electron chi connectivity index (χ3n) is 8.15. The van der Waals surface area contributed by atoms with E-state index in [0.717, 1.165) is 30.3 Å². The monoisotopic (exact) mass is 571 g/mol. The molecule has 4 heterocycles. The lowest BCUT2D eigenvalue weighted by Crippen LogP contribution is -2.72. The Morgan fingerprint density at radius 1 is 1.13 bits per heavy atom. The fourth-order valence-corrected chi connectivity index (χ4v) is 7.12. The van der Waals surface area contributed by atoms with E-state index in [1.807, 2.05) is 20.0 Å². The minimum Gasteiger partial charge on any atom is -0.374 e. The highest BCUT2D eigenvalue weighted by Gasteiger charge is 2.52. The van der Waals surface area contributed by atoms with Crippen LogP contribution in [0.15, 0.2) is 35.1 Å². The maximum Gasteiger partial charge on any atom is 0.270 e. The van der Waals surface area contributed by atoms with Gasteiger partial charge in [0.2, 0.25) is 5.91 Å². The van der Waals surface area contributed by atoms with Crippen molar-refractivity contribution in [1.29, 1.82) is 0 Å². The SMILES string of the molecule is CC1c2c(Cl)cc(Cl)cc2CCN1C(=O)CNc1cc2cc(C(=O)N3CC4(CN(C)C4)C3)[nH]c(=O)c2cc1F. The third kappa shape index (κ3) is 4.56. The Hall–Kier alpha value is -3.14. The number of aromatic nitrogens is 1. The minimum atomic E-state index is -0.659. The molecule has 2 N–H and O–H groups in total. The molecule has 204 valence electrons. The number of anilines is 1. The number of nitrogens with one attached hydrogen (secondary N) is 2. The molecule has 8 nitrogen and oxygen atoms in total. The number of carbonyl (C=O) groups is 2. The zero-order chi connectivity index (χ0) is 27.6. The molecule has 39 heavy (non-hydrogen) atoms. The molecular weight excluding hydrogens is 544 g/mol. The number of pyridine rings is 1. The number of H-pyrrole nitrogens is 1. The summed E-state index contributed by atoms with van der Waals surface area (Å²) in [4.78, 5) is 47.1. The standard InChI is InChI=1S/C28H28Cl2FN5O3/c1-15-25-16(5-18(29)8-20(25)30)3-4-36(15)24(37)10-32-22-6-17-7-23(33-26(38)19(17)9-21(22)31)27(39)35-13-28(14-35)11-34(2)12-28/h5-9,15,32H,3-4,10-14H2,1-2H3,(H,33,38). The highest BCUT2D eigenvalue weighted by molar-refractivity contribution is 6.35. The molecule has 3 aliphatic rings. The predicted octanol–water partition coefficient (Wildman–Crippen LogP) is 3.92. The van der Waals surface area contributed by atoms with Gasteiger partial charge in [0.1, 0.15) is 11.5 Å². The van der Waals surface area contributed by atoms with Crippen LogP contribution < -0.4 is 10.9 Å². The highest BCUT2D eigenvalue weighted by atomic mass is 35.5. The first kappa shape index (κ1) is 26.1. The summed E-state index contributed by atoms with van der Waals surface area (Å²) in [6.45, 7) is 5.48. The lowest BCUT2D eigenvalue weighted by atomic mass is 9.73. The van der Waals surface area contributed by atoms with Gasteiger partial charge in [-0.3, -0.25) is 14.4 Å². The first-order valence-corrected chi connectivity index (χ1v) is 13.6. The number of carbonyl (C=O) groups excluding carboxylic acids is 2. The van der Waals surface area contributed by atoms with Crippen LogP contribution in [0.3, 0.4) is 0 Å². The Balaban J connectivity index is 1.18. The van der Waals surface area contributed by atoms with Gasteiger partial charge >= 0.3 is 0 Å². The van der Waals surface area contributed by atoms with Crippen molar-refractivity contribution in [2.45, 2.75) is 19.4 Å². The molecule has 11 heteroatoms. The number of amides is 2. The van der Waals surface area contributed by atoms with Gasteiger partial charge in [-0.05, 0) is 67.2 Å². The molecule has 2 saturated heterocycles. The molecule has 0 saturated carbocycles. The summed E-state index contributed by atoms with van der Waals surface area (Å²) in [5, 5.41) is 4.51. The molecule has 2 fully saturated rings. The second-order valence-corrected chi connectivity index (χ2v) is 11.9. The van der Waals surface area contributed by atoms with Gasteiger partial charge in [0, 0.05) is 48.2 Å². The van der Waals surface area contributed by atoms with Gasteiger partial charge in [0.25, 0.3) is 11.5 Å². The van der Waals surface area contributed by atoms with E-state index in [0.29, 0.717) is 41.5 Å². The van der Waals surface area contributed by atoms with E-state index >= 15 is 0 Å². The second kappa shape index (κ2) is 9.50. The first-order valence-electron chi connectivity index (χ1n) is 12.9. The zero-order valence-electron chi connectivity index (χ0n) is 21.6. The number of benzene rings is 2. The van der Waals surface area contributed by atoms with Crippen molar-refractivity contribution >= 4 is 51.5 Å². The zero-order valence-corrected chi connectivity index (χ0v) is 23.1. The summed E-state index contributed by atoms with van der Waals surface area (Å²) in [5.41, 5.74) is 1.76. The number of hydrogen-bond donors (Lipinski definition) is 2. The molecule has 1 unspecified atom stereocenters. The van der Waals surface area contributed by atoms with E-state index in [4.69, 9.17) is 23.2 Å². The largest absolute Gasteiger partial charge is 0.374 e. The van der Waals surface area contributed by atoms with Crippen LogP contribution in [0.4, 0.5) is 10.1 Å². The van der Waals surface area contributed by atoms with E-state index in [-0.39, 0.29) is 46.6 Å². The maximum atomic E-state index is 14.9. The molecule has 1 atom stereocenters. The molecule has 0 radical (unpaired) electrons. The Bertz CT molecular complexity index is 1580. The van der Waals surface area contributed by atoms with Crippen molar-refractivity contribution in [1.82, 2.24) is 19.7 Å². The summed E-state index contributed by atoms with van der Waals surface area (Å²) in [6.07, 6.45) is 0.616. The smallest absolute Gasteiger partial charge is 0.270 e. The van der Waals surface area contributed by atoms with Crippen LogP contribution in [-0.4, -0.2) is 77.8 Å². The van der Waals surface area contributed by atoms with Gasteiger partial charge in [-0.2, -0.15) is 0 Å². The third-order valence-corrected chi connectivity index (χ3v) is 8.68. The summed E-state index contributed by atoms with van der Waals surface area (Å²) in [5.74, 6) is -1.12. The number of rotatable bonds is 4. The quantitative estimate of drug-likeness (QED) is 0.495. The molecule has 2 amide bonds. The second-order valence-electron chi connectivity index (χ2n) is 11.1. The van der Waals surface area contributed by atoms with Crippen LogP contribution in [0.5, 0.6) is 0 Å². The fraction of sp³-hybridized carbons (Fsp3) is 0.393. The summed E-state index contributed by atoms with van der Waals surface area (Å²) in [7, 11) is 2.05. The average Bonchev–Trinajstić information content (AvgIpc) is 2.83. The molecule has 1 spiro atoms. The van der Waals surface area contributed by atoms with Gasteiger partial charge in [0.15, 0.2) is 0 Å². The fourth-order valence-electron chi connectivity index (χ4n) is 6.43. The van der Waals surface area contributed by atoms with Gasteiger partial charge in [-0.25, -0.2) is 4.39 Å². The van der Waals surface area contributed by atoms with Crippen LogP contribution >= 0.6 is 23.2 Å². The molecule has 3 aromatic rings. The van der Waals surface area contributed by atoms with Crippen molar-refractivity contribution in [2.24, 2.45) is 5.41 Å². The number of fused-ring (bicyclic) bond motifs is 2. The van der Waals surface area contributed by atoms with Gasteiger partial charge in [-0.1, -0.05) is 23.2 Å². The number of halogens is 3. The van der Waals surface area contributed by atoms with Crippen LogP contribution in [0, 0.1) is 11.2 Å². The topological polar surface area (TPSA) is 88.8 Å². The lowest BCUT2D eigenvalue weighted by molar-refractivity contribution is -0.131. The summed E-state index contributed by atoms with van der Waals surface area (Å²) < 4.78 is 14.9. The van der Waals surface area contributed by atoms with Crippen molar-refractivity contribution in [2.75, 3.05) is 51.6 Å². The Morgan fingerprint density at radius 2 is 1.87 bits per heavy atom. The highest BCUT2D eigenvalue weighted by Crippen LogP contribution is 2.39. The molecular formula is C28H28Cl2FN5O3. The Morgan fingerprint density at radius 3 is 2.59 bits per heavy atom. The van der Waals surface area contributed by atoms with Crippen molar-refractivity contribution in [3.8, 4) is 0 Å². The normalized spacial score (nSPS) is 20.0. The van der Waals surface area contributed by atoms with E-state index in [1.54, 1.807) is 21.9 Å². The number of nitrogens with zero attached hydrogens (tertiary/aromatic N) is 3. The Labute approximate surface area is 234 Å². The Kier molecular flexibility index (Phi) is 6.36. The number of likely N-dealkylation sites (tertiary alicyclic amines) is 2. The molecule has 1 aromatic heterocycles. The van der Waals surface area contributed by atoms with Crippen LogP contribution in [0.2, 0.25) is 10.0 Å². The van der Waals surface area contributed by atoms with Gasteiger partial charge < -0.3 is 25.0 Å². The summed E-state index contributed by atoms with van der Waals surface area (Å²) in [6, 6.07) is 7.44. The van der Waals surface area contributed by atoms with Crippen LogP contribution in [0.25, 0.3) is 10.8 Å². The maximum absolute atomic E-state index is 14.9. The minimum absolute atomic E-state index is 0.0788. The number of hydrogen-bond acceptors (Lipinski definition) is 5. The molecule has 0 aliphatic carbocycles. The van der Waals surface area contributed by atoms with E-state index in [2.05, 4.69) is 15.2 Å². The van der Waals surface area contributed by atoms with E-state index in [9.17, 15) is 18.8 Å².